The normalized spacial score (nSPS) is 10.4. The van der Waals surface area contributed by atoms with E-state index in [-0.39, 0.29) is 17.2 Å². The fourth-order valence-electron chi connectivity index (χ4n) is 1.13. The van der Waals surface area contributed by atoms with Crippen LogP contribution in [0.3, 0.4) is 0 Å². The Hall–Kier alpha value is -1.62. The smallest absolute Gasteiger partial charge is 0.337 e. The molecule has 0 radical (unpaired) electrons. The van der Waals surface area contributed by atoms with E-state index in [1.807, 2.05) is 0 Å². The summed E-state index contributed by atoms with van der Waals surface area (Å²) in [6.07, 6.45) is 2.91. The summed E-state index contributed by atoms with van der Waals surface area (Å²) in [5.41, 5.74) is 0.325. The van der Waals surface area contributed by atoms with Crippen molar-refractivity contribution < 1.29 is 14.7 Å². The number of benzene rings is 1. The molecule has 0 heterocycles. The van der Waals surface area contributed by atoms with Crippen molar-refractivity contribution >= 4 is 33.5 Å². The quantitative estimate of drug-likeness (QED) is 0.838. The van der Waals surface area contributed by atoms with Gasteiger partial charge in [0.05, 0.1) is 11.3 Å². The van der Waals surface area contributed by atoms with Gasteiger partial charge in [0.1, 0.15) is 0 Å². The highest BCUT2D eigenvalue weighted by Gasteiger charge is 2.11. The molecule has 5 heteroatoms. The molecule has 0 bridgehead atoms. The van der Waals surface area contributed by atoms with Crippen LogP contribution in [0.15, 0.2) is 34.8 Å². The molecule has 0 unspecified atom stereocenters. The summed E-state index contributed by atoms with van der Waals surface area (Å²) in [6.45, 7) is 1.71. The third-order valence-corrected chi connectivity index (χ3v) is 2.28. The molecule has 0 aliphatic rings. The highest BCUT2D eigenvalue weighted by molar-refractivity contribution is 9.10. The van der Waals surface area contributed by atoms with Gasteiger partial charge in [0.2, 0.25) is 5.91 Å². The number of rotatable bonds is 3. The lowest BCUT2D eigenvalue weighted by atomic mass is 10.2. The minimum atomic E-state index is -1.09. The maximum absolute atomic E-state index is 11.3. The number of carbonyl (C=O) groups is 2. The van der Waals surface area contributed by atoms with E-state index in [9.17, 15) is 9.59 Å². The number of carboxylic acid groups (broad SMARTS) is 1. The Kier molecular flexibility index (Phi) is 4.25. The maximum Gasteiger partial charge on any atom is 0.337 e. The lowest BCUT2D eigenvalue weighted by molar-refractivity contribution is -0.111. The molecule has 0 aliphatic carbocycles. The van der Waals surface area contributed by atoms with Crippen LogP contribution in [0.1, 0.15) is 17.3 Å². The van der Waals surface area contributed by atoms with E-state index in [2.05, 4.69) is 21.2 Å². The number of halogens is 1. The van der Waals surface area contributed by atoms with Gasteiger partial charge in [-0.3, -0.25) is 4.79 Å². The first kappa shape index (κ1) is 12.4. The van der Waals surface area contributed by atoms with Gasteiger partial charge in [-0.2, -0.15) is 0 Å². The minimum absolute atomic E-state index is 0.0484. The van der Waals surface area contributed by atoms with Gasteiger partial charge < -0.3 is 10.4 Å². The van der Waals surface area contributed by atoms with Crippen molar-refractivity contribution in [3.8, 4) is 0 Å². The first-order valence-electron chi connectivity index (χ1n) is 4.51. The summed E-state index contributed by atoms with van der Waals surface area (Å²) in [4.78, 5) is 22.2. The molecule has 0 fully saturated rings. The van der Waals surface area contributed by atoms with Gasteiger partial charge in [-0.15, -0.1) is 0 Å². The topological polar surface area (TPSA) is 66.4 Å². The molecule has 1 aromatic carbocycles. The minimum Gasteiger partial charge on any atom is -0.478 e. The van der Waals surface area contributed by atoms with E-state index in [0.717, 1.165) is 0 Å². The van der Waals surface area contributed by atoms with Crippen LogP contribution >= 0.6 is 15.9 Å². The monoisotopic (exact) mass is 283 g/mol. The number of amides is 1. The molecule has 1 amide bonds. The van der Waals surface area contributed by atoms with Crippen LogP contribution < -0.4 is 5.32 Å². The van der Waals surface area contributed by atoms with Crippen molar-refractivity contribution in [2.24, 2.45) is 0 Å². The van der Waals surface area contributed by atoms with Crippen LogP contribution in [0.25, 0.3) is 0 Å². The van der Waals surface area contributed by atoms with Crippen molar-refractivity contribution in [3.05, 3.63) is 40.4 Å². The van der Waals surface area contributed by atoms with Crippen molar-refractivity contribution in [2.75, 3.05) is 5.32 Å². The van der Waals surface area contributed by atoms with Crippen LogP contribution in [0.4, 0.5) is 5.69 Å². The zero-order valence-corrected chi connectivity index (χ0v) is 10.1. The molecular weight excluding hydrogens is 274 g/mol. The number of carbonyl (C=O) groups excluding carboxylic acids is 1. The van der Waals surface area contributed by atoms with E-state index in [1.165, 1.54) is 18.2 Å². The van der Waals surface area contributed by atoms with Crippen LogP contribution in [-0.4, -0.2) is 17.0 Å². The molecule has 1 rings (SSSR count). The molecular formula is C11H10BrNO3. The standard InChI is InChI=1S/C11H10BrNO3/c1-2-3-10(14)13-9-5-4-7(12)6-8(9)11(15)16/h2-6H,1H3,(H,13,14)(H,15,16)/b3-2+. The van der Waals surface area contributed by atoms with E-state index in [4.69, 9.17) is 5.11 Å². The average Bonchev–Trinajstić information content (AvgIpc) is 2.20. The van der Waals surface area contributed by atoms with E-state index in [0.29, 0.717) is 4.47 Å². The molecule has 16 heavy (non-hydrogen) atoms. The fraction of sp³-hybridized carbons (Fsp3) is 0.0909. The van der Waals surface area contributed by atoms with Gasteiger partial charge in [-0.05, 0) is 31.2 Å². The Bertz CT molecular complexity index is 455. The number of carboxylic acids is 1. The second-order valence-electron chi connectivity index (χ2n) is 2.98. The molecule has 0 atom stereocenters. The highest BCUT2D eigenvalue weighted by atomic mass is 79.9. The first-order valence-corrected chi connectivity index (χ1v) is 5.30. The third kappa shape index (κ3) is 3.20. The van der Waals surface area contributed by atoms with E-state index < -0.39 is 5.97 Å². The van der Waals surface area contributed by atoms with Gasteiger partial charge >= 0.3 is 5.97 Å². The molecule has 0 spiro atoms. The molecule has 0 saturated heterocycles. The largest absolute Gasteiger partial charge is 0.478 e. The van der Waals surface area contributed by atoms with Gasteiger partial charge in [0.25, 0.3) is 0 Å². The Morgan fingerprint density at radius 2 is 2.12 bits per heavy atom. The summed E-state index contributed by atoms with van der Waals surface area (Å²) in [5.74, 6) is -1.44. The summed E-state index contributed by atoms with van der Waals surface area (Å²) in [5, 5.41) is 11.4. The molecule has 2 N–H and O–H groups in total. The molecule has 1 aromatic rings. The molecule has 0 saturated carbocycles. The Labute approximate surface area is 101 Å². The zero-order chi connectivity index (χ0) is 12.1. The number of hydrogen-bond acceptors (Lipinski definition) is 2. The number of hydrogen-bond donors (Lipinski definition) is 2. The lowest BCUT2D eigenvalue weighted by Crippen LogP contribution is -2.11. The van der Waals surface area contributed by atoms with E-state index >= 15 is 0 Å². The molecule has 84 valence electrons. The number of anilines is 1. The SMILES string of the molecule is C/C=C/C(=O)Nc1ccc(Br)cc1C(=O)O. The summed E-state index contributed by atoms with van der Waals surface area (Å²) >= 11 is 3.17. The van der Waals surface area contributed by atoms with E-state index in [1.54, 1.807) is 19.1 Å². The zero-order valence-electron chi connectivity index (χ0n) is 8.53. The predicted molar refractivity (Wildman–Crippen MR) is 64.5 cm³/mol. The molecule has 0 aromatic heterocycles. The van der Waals surface area contributed by atoms with Crippen LogP contribution in [0.2, 0.25) is 0 Å². The lowest BCUT2D eigenvalue weighted by Gasteiger charge is -2.06. The van der Waals surface area contributed by atoms with Crippen LogP contribution in [-0.2, 0) is 4.79 Å². The summed E-state index contributed by atoms with van der Waals surface area (Å²) in [6, 6.07) is 4.64. The second-order valence-corrected chi connectivity index (χ2v) is 3.90. The van der Waals surface area contributed by atoms with Crippen LogP contribution in [0.5, 0.6) is 0 Å². The van der Waals surface area contributed by atoms with Crippen LogP contribution in [0, 0.1) is 0 Å². The van der Waals surface area contributed by atoms with Gasteiger partial charge in [-0.1, -0.05) is 22.0 Å². The predicted octanol–water partition coefficient (Wildman–Crippen LogP) is 2.66. The third-order valence-electron chi connectivity index (χ3n) is 1.79. The van der Waals surface area contributed by atoms with Crippen molar-refractivity contribution in [2.45, 2.75) is 6.92 Å². The van der Waals surface area contributed by atoms with Gasteiger partial charge in [0.15, 0.2) is 0 Å². The maximum atomic E-state index is 11.3. The van der Waals surface area contributed by atoms with Crippen molar-refractivity contribution in [3.63, 3.8) is 0 Å². The number of aromatic carboxylic acids is 1. The van der Waals surface area contributed by atoms with Crippen molar-refractivity contribution in [1.82, 2.24) is 0 Å². The Morgan fingerprint density at radius 1 is 1.44 bits per heavy atom. The summed E-state index contributed by atoms with van der Waals surface area (Å²) in [7, 11) is 0. The van der Waals surface area contributed by atoms with Crippen molar-refractivity contribution in [1.29, 1.82) is 0 Å². The molecule has 4 nitrogen and oxygen atoms in total. The number of nitrogens with one attached hydrogen (secondary N) is 1. The highest BCUT2D eigenvalue weighted by Crippen LogP contribution is 2.21. The summed E-state index contributed by atoms with van der Waals surface area (Å²) < 4.78 is 0.647. The molecule has 0 aliphatic heterocycles. The average molecular weight is 284 g/mol. The van der Waals surface area contributed by atoms with Gasteiger partial charge in [-0.25, -0.2) is 4.79 Å². The Balaban J connectivity index is 3.04. The fourth-order valence-corrected chi connectivity index (χ4v) is 1.49. The Morgan fingerprint density at radius 3 is 2.69 bits per heavy atom. The second kappa shape index (κ2) is 5.46. The number of allylic oxidation sites excluding steroid dienone is 1. The van der Waals surface area contributed by atoms with Gasteiger partial charge in [0, 0.05) is 4.47 Å². The first-order chi connectivity index (χ1) is 7.54.